The number of fused-ring (bicyclic) bond motifs is 1. The molecule has 8 nitrogen and oxygen atoms in total. The minimum atomic E-state index is -0.417. The summed E-state index contributed by atoms with van der Waals surface area (Å²) < 4.78 is 7.92. The molecule has 0 fully saturated rings. The van der Waals surface area contributed by atoms with Crippen LogP contribution < -0.4 is 11.2 Å². The van der Waals surface area contributed by atoms with Crippen molar-refractivity contribution in [3.8, 4) is 10.6 Å². The van der Waals surface area contributed by atoms with Crippen LogP contribution in [0.25, 0.3) is 21.7 Å². The van der Waals surface area contributed by atoms with Crippen LogP contribution >= 0.6 is 23.1 Å². The molecule has 0 radical (unpaired) electrons. The fourth-order valence-electron chi connectivity index (χ4n) is 2.93. The maximum Gasteiger partial charge on any atom is 0.332 e. The summed E-state index contributed by atoms with van der Waals surface area (Å²) in [4.78, 5) is 35.5. The quantitative estimate of drug-likeness (QED) is 0.353. The highest BCUT2D eigenvalue weighted by Gasteiger charge is 2.24. The highest BCUT2D eigenvalue weighted by molar-refractivity contribution is 7.98. The monoisotopic (exact) mass is 443 g/mol. The molecule has 0 N–H and O–H groups in total. The maximum atomic E-state index is 12.9. The highest BCUT2D eigenvalue weighted by Crippen LogP contribution is 2.31. The third-order valence-electron chi connectivity index (χ3n) is 4.62. The highest BCUT2D eigenvalue weighted by atomic mass is 32.2. The lowest BCUT2D eigenvalue weighted by molar-refractivity contribution is 0.427. The molecule has 0 bridgehead atoms. The van der Waals surface area contributed by atoms with Crippen LogP contribution in [0.15, 0.2) is 42.7 Å². The summed E-state index contributed by atoms with van der Waals surface area (Å²) in [5.41, 5.74) is -0.0884. The molecule has 0 spiro atoms. The van der Waals surface area contributed by atoms with Crippen LogP contribution in [-0.2, 0) is 25.3 Å². The van der Waals surface area contributed by atoms with Crippen molar-refractivity contribution in [3.05, 3.63) is 55.9 Å². The van der Waals surface area contributed by atoms with Gasteiger partial charge in [-0.25, -0.2) is 14.8 Å². The van der Waals surface area contributed by atoms with Gasteiger partial charge in [0, 0.05) is 31.3 Å². The van der Waals surface area contributed by atoms with Crippen molar-refractivity contribution in [1.29, 1.82) is 0 Å². The predicted molar refractivity (Wildman–Crippen MR) is 118 cm³/mol. The Bertz CT molecular complexity index is 1340. The molecule has 0 aliphatic heterocycles. The number of thiophene rings is 1. The Labute approximate surface area is 180 Å². The second-order valence-corrected chi connectivity index (χ2v) is 9.87. The van der Waals surface area contributed by atoms with Crippen molar-refractivity contribution in [1.82, 2.24) is 24.3 Å². The summed E-state index contributed by atoms with van der Waals surface area (Å²) in [7, 11) is 3.07. The number of nitrogens with zero attached hydrogens (tertiary/aromatic N) is 5. The molecule has 10 heteroatoms. The first-order chi connectivity index (χ1) is 14.2. The van der Waals surface area contributed by atoms with Gasteiger partial charge in [0.25, 0.3) is 5.56 Å². The van der Waals surface area contributed by atoms with Crippen molar-refractivity contribution >= 4 is 34.1 Å². The van der Waals surface area contributed by atoms with E-state index in [4.69, 9.17) is 4.52 Å². The first-order valence-electron chi connectivity index (χ1n) is 9.27. The zero-order chi connectivity index (χ0) is 21.6. The van der Waals surface area contributed by atoms with E-state index < -0.39 is 11.2 Å². The van der Waals surface area contributed by atoms with Crippen LogP contribution in [0.4, 0.5) is 0 Å². The third kappa shape index (κ3) is 3.61. The molecule has 0 saturated heterocycles. The Balaban J connectivity index is 1.79. The molecule has 4 heterocycles. The van der Waals surface area contributed by atoms with Gasteiger partial charge in [0.05, 0.1) is 10.6 Å². The van der Waals surface area contributed by atoms with Gasteiger partial charge in [-0.15, -0.1) is 11.3 Å². The minimum Gasteiger partial charge on any atom is -0.355 e. The number of rotatable bonds is 4. The van der Waals surface area contributed by atoms with Crippen LogP contribution in [0.5, 0.6) is 0 Å². The second kappa shape index (κ2) is 7.51. The van der Waals surface area contributed by atoms with E-state index in [9.17, 15) is 9.59 Å². The van der Waals surface area contributed by atoms with Crippen LogP contribution in [-0.4, -0.2) is 24.3 Å². The van der Waals surface area contributed by atoms with E-state index in [2.05, 4.69) is 15.1 Å². The van der Waals surface area contributed by atoms with E-state index in [1.807, 2.05) is 44.4 Å². The van der Waals surface area contributed by atoms with Gasteiger partial charge in [0.15, 0.2) is 11.4 Å². The largest absolute Gasteiger partial charge is 0.355 e. The zero-order valence-corrected chi connectivity index (χ0v) is 18.9. The van der Waals surface area contributed by atoms with Crippen LogP contribution in [0.2, 0.25) is 0 Å². The first-order valence-corrected chi connectivity index (χ1v) is 11.1. The van der Waals surface area contributed by atoms with Gasteiger partial charge < -0.3 is 4.52 Å². The fourth-order valence-corrected chi connectivity index (χ4v) is 4.49. The smallest absolute Gasteiger partial charge is 0.332 e. The number of aromatic nitrogens is 5. The van der Waals surface area contributed by atoms with Gasteiger partial charge in [-0.3, -0.25) is 13.9 Å². The predicted octanol–water partition coefficient (Wildman–Crippen LogP) is 3.33. The van der Waals surface area contributed by atoms with Crippen LogP contribution in [0.3, 0.4) is 0 Å². The Morgan fingerprint density at radius 1 is 1.17 bits per heavy atom. The third-order valence-corrected chi connectivity index (χ3v) is 6.51. The second-order valence-electron chi connectivity index (χ2n) is 7.96. The molecular weight excluding hydrogens is 422 g/mol. The fraction of sp³-hybridized carbons (Fsp3) is 0.350. The Morgan fingerprint density at radius 2 is 1.93 bits per heavy atom. The molecule has 30 heavy (non-hydrogen) atoms. The molecule has 156 valence electrons. The molecule has 0 aliphatic carbocycles. The van der Waals surface area contributed by atoms with Crippen molar-refractivity contribution in [2.75, 3.05) is 0 Å². The van der Waals surface area contributed by atoms with Crippen LogP contribution in [0, 0.1) is 0 Å². The lowest BCUT2D eigenvalue weighted by Gasteiger charge is -2.19. The number of hydrogen-bond donors (Lipinski definition) is 0. The van der Waals surface area contributed by atoms with Gasteiger partial charge in [0.1, 0.15) is 16.2 Å². The van der Waals surface area contributed by atoms with Gasteiger partial charge in [0.2, 0.25) is 0 Å². The zero-order valence-electron chi connectivity index (χ0n) is 17.3. The normalized spacial score (nSPS) is 12.0. The van der Waals surface area contributed by atoms with Gasteiger partial charge in [-0.2, -0.15) is 0 Å². The van der Waals surface area contributed by atoms with E-state index in [1.54, 1.807) is 18.4 Å². The van der Waals surface area contributed by atoms with Crippen molar-refractivity contribution in [2.24, 2.45) is 14.1 Å². The Kier molecular flexibility index (Phi) is 5.15. The summed E-state index contributed by atoms with van der Waals surface area (Å²) in [6.07, 6.45) is 0. The lowest BCUT2D eigenvalue weighted by Crippen LogP contribution is -2.38. The molecule has 4 rings (SSSR count). The van der Waals surface area contributed by atoms with Crippen molar-refractivity contribution < 1.29 is 4.52 Å². The maximum absolute atomic E-state index is 12.9. The summed E-state index contributed by atoms with van der Waals surface area (Å²) in [6, 6.07) is 5.82. The van der Waals surface area contributed by atoms with E-state index in [1.165, 1.54) is 23.4 Å². The molecule has 0 saturated carbocycles. The van der Waals surface area contributed by atoms with Gasteiger partial charge in [-0.1, -0.05) is 43.8 Å². The molecule has 0 unspecified atom stereocenters. The SMILES string of the molecule is Cn1c(=O)c2c(SCc3cc(-c4cccs4)on3)nc(C(C)(C)C)nc2n(C)c1=O. The van der Waals surface area contributed by atoms with Crippen molar-refractivity contribution in [3.63, 3.8) is 0 Å². The average Bonchev–Trinajstić information content (AvgIpc) is 3.39. The Morgan fingerprint density at radius 3 is 2.60 bits per heavy atom. The van der Waals surface area contributed by atoms with Crippen molar-refractivity contribution in [2.45, 2.75) is 37.0 Å². The molecule has 0 aliphatic rings. The van der Waals surface area contributed by atoms with E-state index in [0.717, 1.165) is 15.1 Å². The first kappa shape index (κ1) is 20.5. The minimum absolute atomic E-state index is 0.333. The van der Waals surface area contributed by atoms with E-state index in [-0.39, 0.29) is 5.41 Å². The van der Waals surface area contributed by atoms with Gasteiger partial charge in [-0.05, 0) is 11.4 Å². The topological polar surface area (TPSA) is 95.8 Å². The molecule has 4 aromatic heterocycles. The van der Waals surface area contributed by atoms with E-state index >= 15 is 0 Å². The molecule has 0 amide bonds. The summed E-state index contributed by atoms with van der Waals surface area (Å²) >= 11 is 2.96. The molecule has 0 aromatic carbocycles. The Hall–Kier alpha value is -2.72. The summed E-state index contributed by atoms with van der Waals surface area (Å²) in [5, 5.41) is 6.98. The van der Waals surface area contributed by atoms with Gasteiger partial charge >= 0.3 is 5.69 Å². The molecule has 4 aromatic rings. The number of thioether (sulfide) groups is 1. The number of hydrogen-bond acceptors (Lipinski definition) is 8. The molecule has 0 atom stereocenters. The lowest BCUT2D eigenvalue weighted by atomic mass is 9.96. The standard InChI is InChI=1S/C20H21N5O3S2/c1-20(2,3)18-21-15-14(17(26)25(5)19(27)24(15)4)16(22-18)30-10-11-9-12(28-23-11)13-7-6-8-29-13/h6-9H,10H2,1-5H3. The summed E-state index contributed by atoms with van der Waals surface area (Å²) in [5.74, 6) is 1.75. The van der Waals surface area contributed by atoms with Crippen LogP contribution in [0.1, 0.15) is 32.3 Å². The van der Waals surface area contributed by atoms with E-state index in [0.29, 0.717) is 33.4 Å². The molecular formula is C20H21N5O3S2. The summed E-state index contributed by atoms with van der Waals surface area (Å²) in [6.45, 7) is 5.98. The number of aryl methyl sites for hydroxylation is 1. The average molecular weight is 444 g/mol.